The molecule has 116 valence electrons. The molecule has 0 radical (unpaired) electrons. The third kappa shape index (κ3) is 3.10. The number of piperidine rings is 1. The summed E-state index contributed by atoms with van der Waals surface area (Å²) < 4.78 is 10.9. The van der Waals surface area contributed by atoms with E-state index in [2.05, 4.69) is 17.1 Å². The van der Waals surface area contributed by atoms with Crippen molar-refractivity contribution in [2.24, 2.45) is 0 Å². The zero-order valence-corrected chi connectivity index (χ0v) is 12.6. The van der Waals surface area contributed by atoms with Crippen LogP contribution in [0.2, 0.25) is 0 Å². The first-order chi connectivity index (χ1) is 10.3. The maximum absolute atomic E-state index is 12.6. The topological polar surface area (TPSA) is 68.5 Å². The second kappa shape index (κ2) is 6.56. The minimum absolute atomic E-state index is 0.0754. The van der Waals surface area contributed by atoms with Gasteiger partial charge in [-0.25, -0.2) is 0 Å². The zero-order valence-electron chi connectivity index (χ0n) is 12.6. The van der Waals surface area contributed by atoms with Gasteiger partial charge in [0, 0.05) is 19.6 Å². The lowest BCUT2D eigenvalue weighted by molar-refractivity contribution is -0.145. The average molecular weight is 293 g/mol. The normalized spacial score (nSPS) is 26.2. The molecule has 3 heterocycles. The lowest BCUT2D eigenvalue weighted by atomic mass is 10.0. The molecule has 2 saturated heterocycles. The van der Waals surface area contributed by atoms with Crippen LogP contribution in [0.3, 0.4) is 0 Å². The first kappa shape index (κ1) is 14.5. The number of amides is 1. The molecule has 1 amide bonds. The van der Waals surface area contributed by atoms with Gasteiger partial charge in [0.05, 0.1) is 0 Å². The Labute approximate surface area is 124 Å². The van der Waals surface area contributed by atoms with Gasteiger partial charge in [0.25, 0.3) is 5.91 Å². The predicted molar refractivity (Wildman–Crippen MR) is 75.6 cm³/mol. The first-order valence-electron chi connectivity index (χ1n) is 8.04. The molecule has 0 saturated carbocycles. The number of aryl methyl sites for hydroxylation is 1. The summed E-state index contributed by atoms with van der Waals surface area (Å²) in [4.78, 5) is 19.0. The molecule has 2 aliphatic rings. The van der Waals surface area contributed by atoms with Gasteiger partial charge in [0.1, 0.15) is 12.1 Å². The molecule has 0 N–H and O–H groups in total. The van der Waals surface area contributed by atoms with Crippen LogP contribution in [-0.4, -0.2) is 40.2 Å². The molecule has 0 aliphatic carbocycles. The monoisotopic (exact) mass is 293 g/mol. The van der Waals surface area contributed by atoms with E-state index in [1.54, 1.807) is 0 Å². The molecule has 6 heteroatoms. The summed E-state index contributed by atoms with van der Waals surface area (Å²) in [5.74, 6) is 1.42. The van der Waals surface area contributed by atoms with Crippen LogP contribution in [0.25, 0.3) is 0 Å². The Bertz CT molecular complexity index is 482. The van der Waals surface area contributed by atoms with Crippen molar-refractivity contribution in [3.05, 3.63) is 11.7 Å². The van der Waals surface area contributed by atoms with Crippen LogP contribution in [0.5, 0.6) is 0 Å². The summed E-state index contributed by atoms with van der Waals surface area (Å²) in [6.45, 7) is 3.54. The van der Waals surface area contributed by atoms with E-state index in [1.165, 1.54) is 0 Å². The van der Waals surface area contributed by atoms with E-state index >= 15 is 0 Å². The van der Waals surface area contributed by atoms with E-state index in [9.17, 15) is 4.79 Å². The van der Waals surface area contributed by atoms with E-state index in [4.69, 9.17) is 9.26 Å². The summed E-state index contributed by atoms with van der Waals surface area (Å²) in [6.07, 6.45) is 6.34. The Morgan fingerprint density at radius 1 is 1.33 bits per heavy atom. The van der Waals surface area contributed by atoms with Gasteiger partial charge >= 0.3 is 0 Å². The first-order valence-corrected chi connectivity index (χ1v) is 8.04. The van der Waals surface area contributed by atoms with Gasteiger partial charge in [-0.1, -0.05) is 12.1 Å². The van der Waals surface area contributed by atoms with Gasteiger partial charge in [-0.2, -0.15) is 4.98 Å². The molecular weight excluding hydrogens is 270 g/mol. The van der Waals surface area contributed by atoms with Crippen LogP contribution >= 0.6 is 0 Å². The quantitative estimate of drug-likeness (QED) is 0.851. The van der Waals surface area contributed by atoms with Crippen LogP contribution in [0.15, 0.2) is 4.52 Å². The van der Waals surface area contributed by atoms with Crippen molar-refractivity contribution in [2.75, 3.05) is 13.2 Å². The Morgan fingerprint density at radius 3 is 3.00 bits per heavy atom. The van der Waals surface area contributed by atoms with Gasteiger partial charge in [-0.3, -0.25) is 4.79 Å². The second-order valence-electron chi connectivity index (χ2n) is 5.84. The highest BCUT2D eigenvalue weighted by molar-refractivity contribution is 5.81. The Hall–Kier alpha value is -1.43. The van der Waals surface area contributed by atoms with Crippen molar-refractivity contribution in [1.29, 1.82) is 0 Å². The second-order valence-corrected chi connectivity index (χ2v) is 5.84. The molecule has 0 bridgehead atoms. The SMILES string of the molecule is CCCc1noc([C@H]2CCCCN2C(=O)[C@H]2CCCO2)n1. The highest BCUT2D eigenvalue weighted by Crippen LogP contribution is 2.31. The van der Waals surface area contributed by atoms with Crippen molar-refractivity contribution in [3.63, 3.8) is 0 Å². The van der Waals surface area contributed by atoms with Crippen molar-refractivity contribution in [3.8, 4) is 0 Å². The van der Waals surface area contributed by atoms with Crippen molar-refractivity contribution in [2.45, 2.75) is 64.0 Å². The number of ether oxygens (including phenoxy) is 1. The minimum atomic E-state index is -0.274. The van der Waals surface area contributed by atoms with E-state index in [1.807, 2.05) is 4.90 Å². The van der Waals surface area contributed by atoms with Crippen LogP contribution in [0.4, 0.5) is 0 Å². The Kier molecular flexibility index (Phi) is 4.53. The maximum atomic E-state index is 12.6. The summed E-state index contributed by atoms with van der Waals surface area (Å²) in [6, 6.07) is -0.0754. The molecule has 2 atom stereocenters. The highest BCUT2D eigenvalue weighted by atomic mass is 16.5. The van der Waals surface area contributed by atoms with E-state index < -0.39 is 0 Å². The standard InChI is InChI=1S/C15H23N3O3/c1-2-6-13-16-14(21-17-13)11-7-3-4-9-18(11)15(19)12-8-5-10-20-12/h11-12H,2-10H2,1H3/t11-,12-/m1/s1. The summed E-state index contributed by atoms with van der Waals surface area (Å²) in [7, 11) is 0. The van der Waals surface area contributed by atoms with Gasteiger partial charge in [-0.05, 0) is 38.5 Å². The lowest BCUT2D eigenvalue weighted by Crippen LogP contribution is -2.44. The molecule has 0 unspecified atom stereocenters. The zero-order chi connectivity index (χ0) is 14.7. The van der Waals surface area contributed by atoms with Crippen LogP contribution in [-0.2, 0) is 16.0 Å². The lowest BCUT2D eigenvalue weighted by Gasteiger charge is -2.34. The Balaban J connectivity index is 1.75. The summed E-state index contributed by atoms with van der Waals surface area (Å²) in [5.41, 5.74) is 0. The number of carbonyl (C=O) groups excluding carboxylic acids is 1. The fourth-order valence-corrected chi connectivity index (χ4v) is 3.14. The van der Waals surface area contributed by atoms with Crippen LogP contribution < -0.4 is 0 Å². The molecular formula is C15H23N3O3. The molecule has 0 spiro atoms. The maximum Gasteiger partial charge on any atom is 0.252 e. The van der Waals surface area contributed by atoms with E-state index in [-0.39, 0.29) is 18.1 Å². The number of nitrogens with zero attached hydrogens (tertiary/aromatic N) is 3. The largest absolute Gasteiger partial charge is 0.368 e. The van der Waals surface area contributed by atoms with Gasteiger partial charge in [0.2, 0.25) is 5.89 Å². The number of likely N-dealkylation sites (tertiary alicyclic amines) is 1. The van der Waals surface area contributed by atoms with E-state index in [0.717, 1.165) is 57.3 Å². The fraction of sp³-hybridized carbons (Fsp3) is 0.800. The average Bonchev–Trinajstić information content (AvgIpc) is 3.18. The van der Waals surface area contributed by atoms with Crippen LogP contribution in [0.1, 0.15) is 63.2 Å². The highest BCUT2D eigenvalue weighted by Gasteiger charge is 2.36. The Morgan fingerprint density at radius 2 is 2.24 bits per heavy atom. The van der Waals surface area contributed by atoms with Crippen molar-refractivity contribution < 1.29 is 14.1 Å². The number of carbonyl (C=O) groups is 1. The molecule has 2 fully saturated rings. The molecule has 1 aromatic rings. The minimum Gasteiger partial charge on any atom is -0.368 e. The van der Waals surface area contributed by atoms with Crippen molar-refractivity contribution in [1.82, 2.24) is 15.0 Å². The number of hydrogen-bond acceptors (Lipinski definition) is 5. The molecule has 6 nitrogen and oxygen atoms in total. The van der Waals surface area contributed by atoms with Gasteiger partial charge in [-0.15, -0.1) is 0 Å². The number of aromatic nitrogens is 2. The number of hydrogen-bond donors (Lipinski definition) is 0. The van der Waals surface area contributed by atoms with Gasteiger partial charge in [0.15, 0.2) is 5.82 Å². The van der Waals surface area contributed by atoms with Crippen LogP contribution in [0, 0.1) is 0 Å². The predicted octanol–water partition coefficient (Wildman–Crippen LogP) is 2.25. The fourth-order valence-electron chi connectivity index (χ4n) is 3.14. The molecule has 2 aliphatic heterocycles. The van der Waals surface area contributed by atoms with E-state index in [0.29, 0.717) is 12.5 Å². The summed E-state index contributed by atoms with van der Waals surface area (Å²) >= 11 is 0. The molecule has 1 aromatic heterocycles. The van der Waals surface area contributed by atoms with Gasteiger partial charge < -0.3 is 14.2 Å². The van der Waals surface area contributed by atoms with Crippen molar-refractivity contribution >= 4 is 5.91 Å². The smallest absolute Gasteiger partial charge is 0.252 e. The third-order valence-electron chi connectivity index (χ3n) is 4.23. The molecule has 21 heavy (non-hydrogen) atoms. The molecule has 3 rings (SSSR count). The number of rotatable bonds is 4. The summed E-state index contributed by atoms with van der Waals surface area (Å²) in [5, 5.41) is 4.02. The molecule has 0 aromatic carbocycles. The third-order valence-corrected chi connectivity index (χ3v) is 4.23.